The average molecular weight is 341 g/mol. The zero-order valence-corrected chi connectivity index (χ0v) is 13.9. The molecule has 0 aliphatic heterocycles. The minimum absolute atomic E-state index is 0.0412. The third-order valence-electron chi connectivity index (χ3n) is 3.25. The number of aliphatic hydroxyl groups excluding tert-OH is 1. The SMILES string of the molecule is COc1ccc(C(O)CNS(=O)(=O)c2cnn(C)c2)cc1OC. The molecule has 0 saturated carbocycles. The second-order valence-corrected chi connectivity index (χ2v) is 6.60. The molecule has 0 amide bonds. The van der Waals surface area contributed by atoms with E-state index in [1.807, 2.05) is 0 Å². The van der Waals surface area contributed by atoms with Crippen LogP contribution in [0.2, 0.25) is 0 Å². The first-order chi connectivity index (χ1) is 10.9. The van der Waals surface area contributed by atoms with E-state index in [0.29, 0.717) is 17.1 Å². The first kappa shape index (κ1) is 17.3. The number of ether oxygens (including phenoxy) is 2. The minimum atomic E-state index is -3.72. The summed E-state index contributed by atoms with van der Waals surface area (Å²) in [4.78, 5) is 0.0412. The van der Waals surface area contributed by atoms with Crippen LogP contribution in [0.1, 0.15) is 11.7 Å². The molecular weight excluding hydrogens is 322 g/mol. The molecule has 0 saturated heterocycles. The molecule has 1 unspecified atom stereocenters. The van der Waals surface area contributed by atoms with Crippen LogP contribution in [-0.4, -0.2) is 44.1 Å². The van der Waals surface area contributed by atoms with Gasteiger partial charge < -0.3 is 14.6 Å². The van der Waals surface area contributed by atoms with Crippen molar-refractivity contribution in [2.75, 3.05) is 20.8 Å². The van der Waals surface area contributed by atoms with Gasteiger partial charge in [-0.15, -0.1) is 0 Å². The molecule has 0 spiro atoms. The van der Waals surface area contributed by atoms with Crippen LogP contribution < -0.4 is 14.2 Å². The second-order valence-electron chi connectivity index (χ2n) is 4.83. The van der Waals surface area contributed by atoms with Crippen molar-refractivity contribution in [1.29, 1.82) is 0 Å². The molecule has 2 aromatic rings. The number of hydrogen-bond donors (Lipinski definition) is 2. The van der Waals surface area contributed by atoms with Crippen LogP contribution in [0.4, 0.5) is 0 Å². The van der Waals surface area contributed by atoms with E-state index in [9.17, 15) is 13.5 Å². The highest BCUT2D eigenvalue weighted by molar-refractivity contribution is 7.89. The maximum atomic E-state index is 12.1. The number of benzene rings is 1. The third-order valence-corrected chi connectivity index (χ3v) is 4.63. The van der Waals surface area contributed by atoms with Crippen molar-refractivity contribution in [3.63, 3.8) is 0 Å². The Bertz CT molecular complexity index is 772. The van der Waals surface area contributed by atoms with E-state index in [-0.39, 0.29) is 11.4 Å². The lowest BCUT2D eigenvalue weighted by Gasteiger charge is -2.14. The van der Waals surface area contributed by atoms with Crippen molar-refractivity contribution < 1.29 is 23.0 Å². The van der Waals surface area contributed by atoms with Gasteiger partial charge in [-0.05, 0) is 17.7 Å². The summed E-state index contributed by atoms with van der Waals surface area (Å²) in [7, 11) is 0.897. The van der Waals surface area contributed by atoms with E-state index in [1.54, 1.807) is 25.2 Å². The van der Waals surface area contributed by atoms with E-state index in [2.05, 4.69) is 9.82 Å². The molecular formula is C14H19N3O5S. The highest BCUT2D eigenvalue weighted by atomic mass is 32.2. The van der Waals surface area contributed by atoms with Crippen molar-refractivity contribution in [3.05, 3.63) is 36.2 Å². The summed E-state index contributed by atoms with van der Waals surface area (Å²) in [6, 6.07) is 4.89. The molecule has 0 bridgehead atoms. The predicted molar refractivity (Wildman–Crippen MR) is 82.9 cm³/mol. The van der Waals surface area contributed by atoms with Gasteiger partial charge in [0.1, 0.15) is 4.90 Å². The fourth-order valence-electron chi connectivity index (χ4n) is 1.99. The standard InChI is InChI=1S/C14H19N3O5S/c1-17-9-11(7-15-17)23(19,20)16-8-12(18)10-4-5-13(21-2)14(6-10)22-3/h4-7,9,12,16,18H,8H2,1-3H3. The Kier molecular flexibility index (Phi) is 5.24. The van der Waals surface area contributed by atoms with E-state index in [4.69, 9.17) is 9.47 Å². The van der Waals surface area contributed by atoms with Crippen molar-refractivity contribution >= 4 is 10.0 Å². The number of aliphatic hydroxyl groups is 1. The fraction of sp³-hybridized carbons (Fsp3) is 0.357. The number of hydrogen-bond acceptors (Lipinski definition) is 6. The zero-order chi connectivity index (χ0) is 17.0. The summed E-state index contributed by atoms with van der Waals surface area (Å²) in [5.74, 6) is 0.985. The number of methoxy groups -OCH3 is 2. The second kappa shape index (κ2) is 6.99. The van der Waals surface area contributed by atoms with Crippen LogP contribution in [0.25, 0.3) is 0 Å². The van der Waals surface area contributed by atoms with E-state index >= 15 is 0 Å². The molecule has 0 radical (unpaired) electrons. The molecule has 0 aliphatic carbocycles. The van der Waals surface area contributed by atoms with E-state index in [0.717, 1.165) is 0 Å². The molecule has 8 nitrogen and oxygen atoms in total. The maximum absolute atomic E-state index is 12.1. The average Bonchev–Trinajstić information content (AvgIpc) is 2.99. The monoisotopic (exact) mass is 341 g/mol. The molecule has 1 aromatic carbocycles. The van der Waals surface area contributed by atoms with E-state index < -0.39 is 16.1 Å². The van der Waals surface area contributed by atoms with Crippen LogP contribution in [0.5, 0.6) is 11.5 Å². The number of nitrogens with one attached hydrogen (secondary N) is 1. The van der Waals surface area contributed by atoms with E-state index in [1.165, 1.54) is 31.3 Å². The lowest BCUT2D eigenvalue weighted by atomic mass is 10.1. The quantitative estimate of drug-likeness (QED) is 0.758. The number of aromatic nitrogens is 2. The number of aryl methyl sites for hydroxylation is 1. The van der Waals surface area contributed by atoms with Crippen molar-refractivity contribution in [1.82, 2.24) is 14.5 Å². The Labute approximate surface area is 134 Å². The summed E-state index contributed by atoms with van der Waals surface area (Å²) in [5.41, 5.74) is 0.511. The van der Waals surface area contributed by atoms with Gasteiger partial charge in [-0.3, -0.25) is 4.68 Å². The molecule has 23 heavy (non-hydrogen) atoms. The van der Waals surface area contributed by atoms with Crippen LogP contribution in [0, 0.1) is 0 Å². The molecule has 126 valence electrons. The van der Waals surface area contributed by atoms with Gasteiger partial charge in [-0.2, -0.15) is 5.10 Å². The summed E-state index contributed by atoms with van der Waals surface area (Å²) >= 11 is 0. The fourth-order valence-corrected chi connectivity index (χ4v) is 3.01. The summed E-state index contributed by atoms with van der Waals surface area (Å²) in [6.45, 7) is -0.174. The van der Waals surface area contributed by atoms with Gasteiger partial charge in [0.2, 0.25) is 10.0 Å². The van der Waals surface area contributed by atoms with Gasteiger partial charge in [-0.1, -0.05) is 6.07 Å². The Balaban J connectivity index is 2.09. The van der Waals surface area contributed by atoms with Gasteiger partial charge in [-0.25, -0.2) is 13.1 Å². The normalized spacial score (nSPS) is 12.9. The zero-order valence-electron chi connectivity index (χ0n) is 13.1. The number of nitrogens with zero attached hydrogens (tertiary/aromatic N) is 2. The van der Waals surface area contributed by atoms with Crippen molar-refractivity contribution in [2.24, 2.45) is 7.05 Å². The third kappa shape index (κ3) is 4.01. The highest BCUT2D eigenvalue weighted by Gasteiger charge is 2.19. The summed E-state index contributed by atoms with van der Waals surface area (Å²) in [6.07, 6.45) is 1.59. The van der Waals surface area contributed by atoms with Gasteiger partial charge in [0.05, 0.1) is 26.5 Å². The van der Waals surface area contributed by atoms with Crippen LogP contribution >= 0.6 is 0 Å². The Morgan fingerprint density at radius 3 is 2.57 bits per heavy atom. The van der Waals surface area contributed by atoms with Gasteiger partial charge in [0.25, 0.3) is 0 Å². The van der Waals surface area contributed by atoms with Gasteiger partial charge >= 0.3 is 0 Å². The first-order valence-electron chi connectivity index (χ1n) is 6.75. The molecule has 0 aliphatic rings. The topological polar surface area (TPSA) is 103 Å². The van der Waals surface area contributed by atoms with Gasteiger partial charge in [0.15, 0.2) is 11.5 Å². The Hall–Kier alpha value is -2.10. The van der Waals surface area contributed by atoms with Crippen molar-refractivity contribution in [3.8, 4) is 11.5 Å². The summed E-state index contributed by atoms with van der Waals surface area (Å²) in [5, 5.41) is 14.0. The Morgan fingerprint density at radius 2 is 2.00 bits per heavy atom. The molecule has 0 fully saturated rings. The lowest BCUT2D eigenvalue weighted by Crippen LogP contribution is -2.28. The molecule has 2 rings (SSSR count). The highest BCUT2D eigenvalue weighted by Crippen LogP contribution is 2.29. The largest absolute Gasteiger partial charge is 0.493 e. The minimum Gasteiger partial charge on any atom is -0.493 e. The van der Waals surface area contributed by atoms with Crippen molar-refractivity contribution in [2.45, 2.75) is 11.0 Å². The van der Waals surface area contributed by atoms with Crippen LogP contribution in [-0.2, 0) is 17.1 Å². The first-order valence-corrected chi connectivity index (χ1v) is 8.24. The van der Waals surface area contributed by atoms with Gasteiger partial charge in [0, 0.05) is 19.8 Å². The van der Waals surface area contributed by atoms with Crippen LogP contribution in [0.15, 0.2) is 35.5 Å². The molecule has 1 aromatic heterocycles. The maximum Gasteiger partial charge on any atom is 0.243 e. The molecule has 1 atom stereocenters. The Morgan fingerprint density at radius 1 is 1.30 bits per heavy atom. The summed E-state index contributed by atoms with van der Waals surface area (Å²) < 4.78 is 38.2. The smallest absolute Gasteiger partial charge is 0.243 e. The van der Waals surface area contributed by atoms with Crippen LogP contribution in [0.3, 0.4) is 0 Å². The molecule has 9 heteroatoms. The molecule has 1 heterocycles. The lowest BCUT2D eigenvalue weighted by molar-refractivity contribution is 0.181. The number of sulfonamides is 1. The number of rotatable bonds is 7. The molecule has 2 N–H and O–H groups in total. The predicted octanol–water partition coefficient (Wildman–Crippen LogP) is 0.449.